The van der Waals surface area contributed by atoms with E-state index in [-0.39, 0.29) is 0 Å². The summed E-state index contributed by atoms with van der Waals surface area (Å²) in [4.78, 5) is 0. The van der Waals surface area contributed by atoms with Crippen molar-refractivity contribution in [2.75, 3.05) is 0 Å². The minimum Gasteiger partial charge on any atom is -0.0616 e. The molecule has 0 fully saturated rings. The Hall–Kier alpha value is -4.42. The van der Waals surface area contributed by atoms with Crippen LogP contribution in [0, 0.1) is 13.8 Å². The summed E-state index contributed by atoms with van der Waals surface area (Å²) < 4.78 is 0. The van der Waals surface area contributed by atoms with E-state index < -0.39 is 0 Å². The third kappa shape index (κ3) is 3.30. The average molecular weight is 459 g/mol. The molecule has 0 radical (unpaired) electrons. The van der Waals surface area contributed by atoms with Crippen molar-refractivity contribution in [1.29, 1.82) is 0 Å². The molecule has 0 saturated carbocycles. The highest BCUT2D eigenvalue weighted by molar-refractivity contribution is 6.08. The minimum atomic E-state index is 1.26. The molecule has 0 saturated heterocycles. The van der Waals surface area contributed by atoms with Gasteiger partial charge in [0.2, 0.25) is 0 Å². The van der Waals surface area contributed by atoms with Crippen LogP contribution in [-0.4, -0.2) is 0 Å². The first-order chi connectivity index (χ1) is 17.7. The lowest BCUT2D eigenvalue weighted by Crippen LogP contribution is -1.90. The van der Waals surface area contributed by atoms with Gasteiger partial charge < -0.3 is 0 Å². The average Bonchev–Trinajstić information content (AvgIpc) is 2.95. The van der Waals surface area contributed by atoms with Crippen molar-refractivity contribution in [2.45, 2.75) is 13.8 Å². The van der Waals surface area contributed by atoms with E-state index in [0.717, 1.165) is 0 Å². The van der Waals surface area contributed by atoms with Gasteiger partial charge in [-0.1, -0.05) is 97.1 Å². The molecule has 7 aromatic rings. The van der Waals surface area contributed by atoms with Gasteiger partial charge in [0.25, 0.3) is 0 Å². The number of hydrogen-bond donors (Lipinski definition) is 0. The Balaban J connectivity index is 1.39. The number of fused-ring (bicyclic) bond motifs is 4. The fraction of sp³-hybridized carbons (Fsp3) is 0.0556. The second-order valence-electron chi connectivity index (χ2n) is 9.89. The van der Waals surface area contributed by atoms with E-state index in [4.69, 9.17) is 0 Å². The topological polar surface area (TPSA) is 0 Å². The van der Waals surface area contributed by atoms with E-state index >= 15 is 0 Å². The van der Waals surface area contributed by atoms with E-state index in [0.29, 0.717) is 0 Å². The highest BCUT2D eigenvalue weighted by Gasteiger charge is 2.12. The van der Waals surface area contributed by atoms with Gasteiger partial charge in [-0.2, -0.15) is 0 Å². The number of aryl methyl sites for hydroxylation is 2. The zero-order valence-electron chi connectivity index (χ0n) is 20.5. The zero-order valence-corrected chi connectivity index (χ0v) is 20.5. The maximum absolute atomic E-state index is 2.37. The molecule has 7 aromatic carbocycles. The van der Waals surface area contributed by atoms with Gasteiger partial charge in [0, 0.05) is 0 Å². The summed E-state index contributed by atoms with van der Waals surface area (Å²) in [5.41, 5.74) is 7.75. The Morgan fingerprint density at radius 3 is 1.11 bits per heavy atom. The summed E-state index contributed by atoms with van der Waals surface area (Å²) in [5.74, 6) is 0. The first-order valence-electron chi connectivity index (χ1n) is 12.6. The van der Waals surface area contributed by atoms with Gasteiger partial charge in [0.15, 0.2) is 0 Å². The molecule has 0 aliphatic rings. The fourth-order valence-corrected chi connectivity index (χ4v) is 5.75. The SMILES string of the molecule is Cc1c2ccc(-c3ccc4ccccc4c3)cc2c(C)c2ccc(-c3ccc4ccccc4c3)cc12. The van der Waals surface area contributed by atoms with Crippen LogP contribution < -0.4 is 0 Å². The van der Waals surface area contributed by atoms with Gasteiger partial charge in [0.1, 0.15) is 0 Å². The van der Waals surface area contributed by atoms with Crippen molar-refractivity contribution >= 4 is 43.1 Å². The molecule has 0 heterocycles. The van der Waals surface area contributed by atoms with Gasteiger partial charge in [-0.3, -0.25) is 0 Å². The molecule has 0 heteroatoms. The zero-order chi connectivity index (χ0) is 24.2. The molecule has 36 heavy (non-hydrogen) atoms. The standard InChI is InChI=1S/C36H26/c1-23-33-17-15-32(30-14-12-26-8-4-6-10-28(26)20-30)22-36(33)24(2)34-18-16-31(21-35(23)34)29-13-11-25-7-3-5-9-27(25)19-29/h3-22H,1-2H3. The van der Waals surface area contributed by atoms with Crippen LogP contribution >= 0.6 is 0 Å². The molecule has 0 aliphatic carbocycles. The summed E-state index contributed by atoms with van der Waals surface area (Å²) in [6.45, 7) is 4.54. The molecule has 0 atom stereocenters. The van der Waals surface area contributed by atoms with Gasteiger partial charge >= 0.3 is 0 Å². The first kappa shape index (κ1) is 20.9. The minimum absolute atomic E-state index is 1.26. The molecule has 0 aliphatic heterocycles. The van der Waals surface area contributed by atoms with E-state index in [9.17, 15) is 0 Å². The molecule has 7 rings (SSSR count). The third-order valence-corrected chi connectivity index (χ3v) is 7.82. The Bertz CT molecular complexity index is 1810. The fourth-order valence-electron chi connectivity index (χ4n) is 5.75. The maximum atomic E-state index is 2.37. The van der Waals surface area contributed by atoms with E-state index in [1.54, 1.807) is 0 Å². The quantitative estimate of drug-likeness (QED) is 0.226. The Labute approximate surface area is 211 Å². The molecule has 0 nitrogen and oxygen atoms in total. The monoisotopic (exact) mass is 458 g/mol. The van der Waals surface area contributed by atoms with Gasteiger partial charge in [-0.25, -0.2) is 0 Å². The van der Waals surface area contributed by atoms with Gasteiger partial charge in [-0.15, -0.1) is 0 Å². The highest BCUT2D eigenvalue weighted by Crippen LogP contribution is 2.37. The molecule has 0 unspecified atom stereocenters. The van der Waals surface area contributed by atoms with Crippen LogP contribution in [0.25, 0.3) is 65.3 Å². The summed E-state index contributed by atoms with van der Waals surface area (Å²) in [6, 6.07) is 44.6. The van der Waals surface area contributed by atoms with Crippen LogP contribution in [0.4, 0.5) is 0 Å². The van der Waals surface area contributed by atoms with E-state index in [1.807, 2.05) is 0 Å². The van der Waals surface area contributed by atoms with E-state index in [1.165, 1.54) is 76.5 Å². The molecule has 0 spiro atoms. The van der Waals surface area contributed by atoms with Crippen LogP contribution in [-0.2, 0) is 0 Å². The van der Waals surface area contributed by atoms with Crippen LogP contribution in [0.5, 0.6) is 0 Å². The summed E-state index contributed by atoms with van der Waals surface area (Å²) in [5, 5.41) is 10.5. The Kier molecular flexibility index (Phi) is 4.69. The number of rotatable bonds is 2. The lowest BCUT2D eigenvalue weighted by molar-refractivity contribution is 1.52. The van der Waals surface area contributed by atoms with Crippen molar-refractivity contribution in [3.63, 3.8) is 0 Å². The highest BCUT2D eigenvalue weighted by atomic mass is 14.2. The molecular weight excluding hydrogens is 432 g/mol. The van der Waals surface area contributed by atoms with Crippen LogP contribution in [0.15, 0.2) is 121 Å². The summed E-state index contributed by atoms with van der Waals surface area (Å²) in [7, 11) is 0. The lowest BCUT2D eigenvalue weighted by atomic mass is 9.89. The molecule has 0 aromatic heterocycles. The summed E-state index contributed by atoms with van der Waals surface area (Å²) >= 11 is 0. The molecule has 0 amide bonds. The Morgan fingerprint density at radius 1 is 0.306 bits per heavy atom. The van der Waals surface area contributed by atoms with Gasteiger partial charge in [0.05, 0.1) is 0 Å². The Morgan fingerprint density at radius 2 is 0.667 bits per heavy atom. The second-order valence-corrected chi connectivity index (χ2v) is 9.89. The van der Waals surface area contributed by atoms with Crippen molar-refractivity contribution in [1.82, 2.24) is 0 Å². The van der Waals surface area contributed by atoms with Crippen molar-refractivity contribution in [3.8, 4) is 22.3 Å². The maximum Gasteiger partial charge on any atom is -0.0139 e. The number of hydrogen-bond acceptors (Lipinski definition) is 0. The number of benzene rings is 7. The predicted molar refractivity (Wildman–Crippen MR) is 157 cm³/mol. The molecule has 170 valence electrons. The van der Waals surface area contributed by atoms with Crippen LogP contribution in [0.3, 0.4) is 0 Å². The van der Waals surface area contributed by atoms with Crippen LogP contribution in [0.2, 0.25) is 0 Å². The van der Waals surface area contributed by atoms with Gasteiger partial charge in [-0.05, 0) is 115 Å². The normalized spacial score (nSPS) is 11.6. The largest absolute Gasteiger partial charge is 0.0616 e. The van der Waals surface area contributed by atoms with Crippen molar-refractivity contribution in [3.05, 3.63) is 132 Å². The third-order valence-electron chi connectivity index (χ3n) is 7.82. The van der Waals surface area contributed by atoms with Crippen molar-refractivity contribution < 1.29 is 0 Å². The predicted octanol–water partition coefficient (Wildman–Crippen LogP) is 10.3. The first-order valence-corrected chi connectivity index (χ1v) is 12.6. The summed E-state index contributed by atoms with van der Waals surface area (Å²) in [6.07, 6.45) is 0. The van der Waals surface area contributed by atoms with Crippen molar-refractivity contribution in [2.24, 2.45) is 0 Å². The van der Waals surface area contributed by atoms with Crippen LogP contribution in [0.1, 0.15) is 11.1 Å². The second kappa shape index (κ2) is 8.07. The molecule has 0 N–H and O–H groups in total. The lowest BCUT2D eigenvalue weighted by Gasteiger charge is -2.15. The smallest absolute Gasteiger partial charge is 0.0139 e. The molecular formula is C36H26. The van der Waals surface area contributed by atoms with E-state index in [2.05, 4.69) is 135 Å². The molecule has 0 bridgehead atoms.